The largest absolute Gasteiger partial charge is 0.379 e. The molecule has 0 radical (unpaired) electrons. The molecule has 2 aromatic carbocycles. The van der Waals surface area contributed by atoms with Crippen LogP contribution in [0, 0.1) is 0 Å². The number of carbonyl (C=O) groups is 3. The number of morpholine rings is 1. The van der Waals surface area contributed by atoms with Crippen molar-refractivity contribution in [2.75, 3.05) is 26.3 Å². The highest BCUT2D eigenvalue weighted by Gasteiger charge is 2.39. The molecule has 0 saturated carbocycles. The quantitative estimate of drug-likeness (QED) is 0.612. The number of sulfonamides is 1. The summed E-state index contributed by atoms with van der Waals surface area (Å²) in [7, 11) is -4.05. The zero-order chi connectivity index (χ0) is 22.3. The second kappa shape index (κ2) is 8.21. The second-order valence-electron chi connectivity index (χ2n) is 6.61. The number of hydroxylamine groups is 2. The summed E-state index contributed by atoms with van der Waals surface area (Å²) in [5.74, 6) is -2.82. The standard InChI is InChI=1S/C19H14Cl2N2O7S/c20-14-10-15(21)16(31(27,28)22-5-7-29-8-6-22)9-13(14)19(26)30-23-17(24)11-3-1-2-4-12(11)18(23)25/h1-4,9-10H,5-8H2. The van der Waals surface area contributed by atoms with Crippen LogP contribution in [0.15, 0.2) is 41.3 Å². The van der Waals surface area contributed by atoms with Gasteiger partial charge in [-0.25, -0.2) is 13.2 Å². The van der Waals surface area contributed by atoms with Crippen molar-refractivity contribution in [3.05, 3.63) is 63.1 Å². The van der Waals surface area contributed by atoms with E-state index in [1.807, 2.05) is 0 Å². The maximum Gasteiger partial charge on any atom is 0.365 e. The molecule has 0 bridgehead atoms. The molecule has 2 heterocycles. The summed E-state index contributed by atoms with van der Waals surface area (Å²) in [5, 5.41) is -0.0741. The van der Waals surface area contributed by atoms with Crippen molar-refractivity contribution in [3.8, 4) is 0 Å². The lowest BCUT2D eigenvalue weighted by Crippen LogP contribution is -2.40. The van der Waals surface area contributed by atoms with Gasteiger partial charge < -0.3 is 9.57 Å². The Balaban J connectivity index is 1.64. The lowest BCUT2D eigenvalue weighted by atomic mass is 10.1. The minimum Gasteiger partial charge on any atom is -0.379 e. The monoisotopic (exact) mass is 484 g/mol. The number of imide groups is 1. The van der Waals surface area contributed by atoms with Crippen LogP contribution in [0.3, 0.4) is 0 Å². The number of carbonyl (C=O) groups excluding carboxylic acids is 3. The molecule has 31 heavy (non-hydrogen) atoms. The first-order valence-electron chi connectivity index (χ1n) is 8.99. The van der Waals surface area contributed by atoms with Crippen LogP contribution in [-0.2, 0) is 19.6 Å². The third-order valence-corrected chi connectivity index (χ3v) is 7.44. The maximum absolute atomic E-state index is 13.0. The summed E-state index contributed by atoms with van der Waals surface area (Å²) in [4.78, 5) is 42.1. The Morgan fingerprint density at radius 2 is 1.55 bits per heavy atom. The molecular weight excluding hydrogens is 471 g/mol. The zero-order valence-corrected chi connectivity index (χ0v) is 18.0. The molecule has 0 aliphatic carbocycles. The van der Waals surface area contributed by atoms with Gasteiger partial charge in [0.05, 0.1) is 39.9 Å². The Labute approximate surface area is 187 Å². The molecule has 1 fully saturated rings. The second-order valence-corrected chi connectivity index (χ2v) is 9.33. The van der Waals surface area contributed by atoms with Crippen LogP contribution in [0.2, 0.25) is 10.0 Å². The van der Waals surface area contributed by atoms with Gasteiger partial charge in [0.1, 0.15) is 4.90 Å². The fourth-order valence-corrected chi connectivity index (χ4v) is 5.42. The number of hydrogen-bond acceptors (Lipinski definition) is 7. The van der Waals surface area contributed by atoms with Crippen LogP contribution < -0.4 is 0 Å². The summed E-state index contributed by atoms with van der Waals surface area (Å²) in [5.41, 5.74) is -0.203. The van der Waals surface area contributed by atoms with Crippen molar-refractivity contribution in [2.45, 2.75) is 4.90 Å². The number of benzene rings is 2. The van der Waals surface area contributed by atoms with E-state index in [-0.39, 0.29) is 57.9 Å². The number of nitrogens with zero attached hydrogens (tertiary/aromatic N) is 2. The van der Waals surface area contributed by atoms with Crippen molar-refractivity contribution in [3.63, 3.8) is 0 Å². The number of hydrogen-bond donors (Lipinski definition) is 0. The molecule has 1 saturated heterocycles. The third kappa shape index (κ3) is 3.81. The van der Waals surface area contributed by atoms with Gasteiger partial charge >= 0.3 is 5.97 Å². The summed E-state index contributed by atoms with van der Waals surface area (Å²) >= 11 is 12.2. The Bertz CT molecular complexity index is 1170. The van der Waals surface area contributed by atoms with Gasteiger partial charge in [-0.2, -0.15) is 4.31 Å². The zero-order valence-electron chi connectivity index (χ0n) is 15.7. The molecule has 2 aromatic rings. The SMILES string of the molecule is O=C(ON1C(=O)c2ccccc2C1=O)c1cc(S(=O)(=O)N2CCOCC2)c(Cl)cc1Cl. The van der Waals surface area contributed by atoms with Gasteiger partial charge in [-0.3, -0.25) is 9.59 Å². The number of halogens is 2. The Morgan fingerprint density at radius 3 is 2.13 bits per heavy atom. The van der Waals surface area contributed by atoms with Gasteiger partial charge in [0.2, 0.25) is 10.0 Å². The van der Waals surface area contributed by atoms with Gasteiger partial charge in [0, 0.05) is 13.1 Å². The summed E-state index contributed by atoms with van der Waals surface area (Å²) in [6.07, 6.45) is 0. The van der Waals surface area contributed by atoms with E-state index in [2.05, 4.69) is 0 Å². The summed E-state index contributed by atoms with van der Waals surface area (Å²) < 4.78 is 32.3. The van der Waals surface area contributed by atoms with Gasteiger partial charge in [-0.15, -0.1) is 0 Å². The van der Waals surface area contributed by atoms with Crippen molar-refractivity contribution >= 4 is 51.0 Å². The van der Waals surface area contributed by atoms with E-state index in [9.17, 15) is 22.8 Å². The molecule has 0 atom stereocenters. The molecule has 2 aliphatic rings. The molecule has 12 heteroatoms. The molecule has 0 unspecified atom stereocenters. The van der Waals surface area contributed by atoms with E-state index >= 15 is 0 Å². The first kappa shape index (κ1) is 21.7. The van der Waals surface area contributed by atoms with Crippen LogP contribution in [0.4, 0.5) is 0 Å². The van der Waals surface area contributed by atoms with E-state index in [1.165, 1.54) is 16.4 Å². The molecule has 2 aliphatic heterocycles. The lowest BCUT2D eigenvalue weighted by Gasteiger charge is -2.26. The van der Waals surface area contributed by atoms with Gasteiger partial charge in [0.25, 0.3) is 11.8 Å². The Hall–Kier alpha value is -2.50. The van der Waals surface area contributed by atoms with E-state index in [1.54, 1.807) is 12.1 Å². The first-order valence-corrected chi connectivity index (χ1v) is 11.2. The molecule has 2 amide bonds. The molecular formula is C19H14Cl2N2O7S. The van der Waals surface area contributed by atoms with Crippen LogP contribution in [0.5, 0.6) is 0 Å². The van der Waals surface area contributed by atoms with Gasteiger partial charge in [0.15, 0.2) is 0 Å². The van der Waals surface area contributed by atoms with Crippen LogP contribution in [0.25, 0.3) is 0 Å². The highest BCUT2D eigenvalue weighted by molar-refractivity contribution is 7.89. The first-order chi connectivity index (χ1) is 14.7. The summed E-state index contributed by atoms with van der Waals surface area (Å²) in [6, 6.07) is 8.03. The van der Waals surface area contributed by atoms with Crippen LogP contribution >= 0.6 is 23.2 Å². The van der Waals surface area contributed by atoms with Gasteiger partial charge in [-0.05, 0) is 24.3 Å². The molecule has 0 aromatic heterocycles. The molecule has 162 valence electrons. The predicted molar refractivity (Wildman–Crippen MR) is 108 cm³/mol. The Kier molecular flexibility index (Phi) is 5.75. The summed E-state index contributed by atoms with van der Waals surface area (Å²) in [6.45, 7) is 0.685. The van der Waals surface area contributed by atoms with Crippen molar-refractivity contribution < 1.29 is 32.4 Å². The van der Waals surface area contributed by atoms with Crippen molar-refractivity contribution in [1.29, 1.82) is 0 Å². The molecule has 9 nitrogen and oxygen atoms in total. The average Bonchev–Trinajstić information content (AvgIpc) is 2.99. The number of ether oxygens (including phenoxy) is 1. The fourth-order valence-electron chi connectivity index (χ4n) is 3.19. The van der Waals surface area contributed by atoms with E-state index in [4.69, 9.17) is 32.8 Å². The topological polar surface area (TPSA) is 110 Å². The molecule has 4 rings (SSSR count). The molecule has 0 N–H and O–H groups in total. The lowest BCUT2D eigenvalue weighted by molar-refractivity contribution is -0.0584. The van der Waals surface area contributed by atoms with Crippen LogP contribution in [0.1, 0.15) is 31.1 Å². The smallest absolute Gasteiger partial charge is 0.365 e. The number of rotatable bonds is 4. The maximum atomic E-state index is 13.0. The normalized spacial score (nSPS) is 17.0. The number of fused-ring (bicyclic) bond motifs is 1. The average molecular weight is 485 g/mol. The predicted octanol–water partition coefficient (Wildman–Crippen LogP) is 2.38. The van der Waals surface area contributed by atoms with E-state index in [0.29, 0.717) is 5.06 Å². The third-order valence-electron chi connectivity index (χ3n) is 4.76. The number of amides is 2. The Morgan fingerprint density at radius 1 is 0.968 bits per heavy atom. The fraction of sp³-hybridized carbons (Fsp3) is 0.211. The highest BCUT2D eigenvalue weighted by Crippen LogP contribution is 2.32. The van der Waals surface area contributed by atoms with Gasteiger partial charge in [-0.1, -0.05) is 40.4 Å². The van der Waals surface area contributed by atoms with Crippen molar-refractivity contribution in [2.24, 2.45) is 0 Å². The highest BCUT2D eigenvalue weighted by atomic mass is 35.5. The van der Waals surface area contributed by atoms with Crippen LogP contribution in [-0.4, -0.2) is 61.9 Å². The van der Waals surface area contributed by atoms with Crippen molar-refractivity contribution in [1.82, 2.24) is 9.37 Å². The minimum absolute atomic E-state index is 0.0816. The van der Waals surface area contributed by atoms with E-state index in [0.717, 1.165) is 12.1 Å². The minimum atomic E-state index is -4.05. The van der Waals surface area contributed by atoms with E-state index < -0.39 is 27.8 Å². The molecule has 0 spiro atoms.